The molecule has 0 unspecified atom stereocenters. The fraction of sp³-hybridized carbons (Fsp3) is 0.952. The molecular formula is C21H46N2O3Si. The first-order valence-corrected chi connectivity index (χ1v) is 13.3. The maximum atomic E-state index is 12.4. The number of hydrogen-bond acceptors (Lipinski definition) is 4. The predicted molar refractivity (Wildman–Crippen MR) is 118 cm³/mol. The molecule has 0 heterocycles. The molecule has 0 aliphatic heterocycles. The summed E-state index contributed by atoms with van der Waals surface area (Å²) in [5, 5.41) is 3.70. The normalized spacial score (nSPS) is 16.6. The van der Waals surface area contributed by atoms with E-state index in [1.54, 1.807) is 11.9 Å². The van der Waals surface area contributed by atoms with Gasteiger partial charge in [-0.25, -0.2) is 4.79 Å². The van der Waals surface area contributed by atoms with Gasteiger partial charge in [0.1, 0.15) is 5.60 Å². The van der Waals surface area contributed by atoms with Crippen molar-refractivity contribution in [3.05, 3.63) is 0 Å². The van der Waals surface area contributed by atoms with E-state index < -0.39 is 13.9 Å². The van der Waals surface area contributed by atoms with E-state index in [9.17, 15) is 4.79 Å². The fourth-order valence-electron chi connectivity index (χ4n) is 2.24. The highest BCUT2D eigenvalue weighted by Gasteiger charge is 2.40. The van der Waals surface area contributed by atoms with Gasteiger partial charge in [-0.15, -0.1) is 0 Å². The number of hydrogen-bond donors (Lipinski definition) is 1. The van der Waals surface area contributed by atoms with Crippen molar-refractivity contribution in [1.82, 2.24) is 10.2 Å². The van der Waals surface area contributed by atoms with Gasteiger partial charge in [0, 0.05) is 26.2 Å². The fourth-order valence-corrected chi connectivity index (χ4v) is 3.65. The Kier molecular flexibility index (Phi) is 10.0. The summed E-state index contributed by atoms with van der Waals surface area (Å²) in [4.78, 5) is 14.1. The van der Waals surface area contributed by atoms with Crippen LogP contribution in [0.1, 0.15) is 68.7 Å². The van der Waals surface area contributed by atoms with Crippen molar-refractivity contribution in [3.63, 3.8) is 0 Å². The molecule has 27 heavy (non-hydrogen) atoms. The summed E-state index contributed by atoms with van der Waals surface area (Å²) >= 11 is 0. The minimum Gasteiger partial charge on any atom is -0.444 e. The van der Waals surface area contributed by atoms with E-state index >= 15 is 0 Å². The van der Waals surface area contributed by atoms with E-state index in [1.165, 1.54) is 0 Å². The number of ether oxygens (including phenoxy) is 1. The molecule has 5 nitrogen and oxygen atoms in total. The van der Waals surface area contributed by atoms with E-state index in [1.807, 2.05) is 20.8 Å². The Morgan fingerprint density at radius 1 is 1.11 bits per heavy atom. The van der Waals surface area contributed by atoms with Crippen LogP contribution in [0.15, 0.2) is 0 Å². The lowest BCUT2D eigenvalue weighted by Crippen LogP contribution is -2.51. The molecule has 162 valence electrons. The quantitative estimate of drug-likeness (QED) is 0.534. The van der Waals surface area contributed by atoms with Crippen LogP contribution in [0.4, 0.5) is 4.79 Å². The second-order valence-electron chi connectivity index (χ2n) is 10.5. The lowest BCUT2D eigenvalue weighted by molar-refractivity contribution is 0.0164. The summed E-state index contributed by atoms with van der Waals surface area (Å²) in [6.07, 6.45) is 0.770. The number of likely N-dealkylation sites (N-methyl/N-ethyl adjacent to an activating group) is 1. The topological polar surface area (TPSA) is 50.8 Å². The smallest absolute Gasteiger partial charge is 0.410 e. The van der Waals surface area contributed by atoms with Gasteiger partial charge in [-0.2, -0.15) is 0 Å². The number of nitrogens with one attached hydrogen (secondary N) is 1. The van der Waals surface area contributed by atoms with Crippen LogP contribution in [0.3, 0.4) is 0 Å². The molecule has 0 spiro atoms. The zero-order valence-electron chi connectivity index (χ0n) is 20.0. The largest absolute Gasteiger partial charge is 0.444 e. The summed E-state index contributed by atoms with van der Waals surface area (Å²) in [5.74, 6) is 0.290. The Balaban J connectivity index is 5.25. The Hall–Kier alpha value is -0.593. The van der Waals surface area contributed by atoms with Gasteiger partial charge in [-0.3, -0.25) is 0 Å². The maximum absolute atomic E-state index is 12.4. The molecule has 0 saturated heterocycles. The van der Waals surface area contributed by atoms with Crippen LogP contribution in [0.25, 0.3) is 0 Å². The van der Waals surface area contributed by atoms with E-state index in [0.717, 1.165) is 13.0 Å². The third-order valence-electron chi connectivity index (χ3n) is 5.45. The molecule has 0 radical (unpaired) electrons. The van der Waals surface area contributed by atoms with Gasteiger partial charge >= 0.3 is 6.09 Å². The molecule has 1 N–H and O–H groups in total. The Labute approximate surface area is 169 Å². The van der Waals surface area contributed by atoms with Crippen LogP contribution in [0.5, 0.6) is 0 Å². The molecule has 1 amide bonds. The molecule has 6 heteroatoms. The van der Waals surface area contributed by atoms with E-state index in [0.29, 0.717) is 12.6 Å². The molecule has 0 saturated carbocycles. The van der Waals surface area contributed by atoms with Gasteiger partial charge in [0.05, 0.1) is 6.10 Å². The summed E-state index contributed by atoms with van der Waals surface area (Å²) < 4.78 is 12.3. The summed E-state index contributed by atoms with van der Waals surface area (Å²) in [5.41, 5.74) is -0.495. The van der Waals surface area contributed by atoms with Gasteiger partial charge in [-0.05, 0) is 58.2 Å². The average molecular weight is 403 g/mol. The van der Waals surface area contributed by atoms with Gasteiger partial charge in [-0.1, -0.05) is 34.6 Å². The number of carbonyl (C=O) groups excluding carboxylic acids is 1. The zero-order chi connectivity index (χ0) is 21.6. The Morgan fingerprint density at radius 2 is 1.63 bits per heavy atom. The lowest BCUT2D eigenvalue weighted by atomic mass is 10.0. The van der Waals surface area contributed by atoms with E-state index in [4.69, 9.17) is 9.16 Å². The van der Waals surface area contributed by atoms with Crippen molar-refractivity contribution in [1.29, 1.82) is 0 Å². The SMILES string of the molecule is CC[C@@H](C)NC[C@H](C)[C@H](CN(C)C(=O)OC(C)(C)C)O[Si](C)(C)C(C)(C)C. The molecule has 0 aromatic heterocycles. The number of rotatable bonds is 9. The maximum Gasteiger partial charge on any atom is 0.410 e. The molecule has 0 aliphatic carbocycles. The monoisotopic (exact) mass is 402 g/mol. The first-order valence-electron chi connectivity index (χ1n) is 10.4. The molecule has 0 bridgehead atoms. The summed E-state index contributed by atoms with van der Waals surface area (Å²) in [6, 6.07) is 0.476. The predicted octanol–water partition coefficient (Wildman–Crippen LogP) is 5.27. The highest BCUT2D eigenvalue weighted by atomic mass is 28.4. The average Bonchev–Trinajstić information content (AvgIpc) is 2.48. The minimum absolute atomic E-state index is 0.0278. The van der Waals surface area contributed by atoms with Gasteiger partial charge in [0.2, 0.25) is 0 Å². The molecule has 0 fully saturated rings. The van der Waals surface area contributed by atoms with Gasteiger partial charge in [0.25, 0.3) is 0 Å². The van der Waals surface area contributed by atoms with Gasteiger partial charge < -0.3 is 19.4 Å². The van der Waals surface area contributed by atoms with Crippen LogP contribution in [-0.4, -0.2) is 57.2 Å². The summed E-state index contributed by atoms with van der Waals surface area (Å²) in [6.45, 7) is 24.9. The zero-order valence-corrected chi connectivity index (χ0v) is 21.0. The van der Waals surface area contributed by atoms with Gasteiger partial charge in [0.15, 0.2) is 8.32 Å². The lowest BCUT2D eigenvalue weighted by Gasteiger charge is -2.42. The van der Waals surface area contributed by atoms with E-state index in [2.05, 4.69) is 60.0 Å². The second kappa shape index (κ2) is 10.3. The first kappa shape index (κ1) is 26.4. The van der Waals surface area contributed by atoms with Crippen molar-refractivity contribution < 1.29 is 14.0 Å². The number of amides is 1. The van der Waals surface area contributed by atoms with Crippen molar-refractivity contribution >= 4 is 14.4 Å². The van der Waals surface area contributed by atoms with Crippen LogP contribution in [0.2, 0.25) is 18.1 Å². The highest BCUT2D eigenvalue weighted by molar-refractivity contribution is 6.74. The number of nitrogens with zero attached hydrogens (tertiary/aromatic N) is 1. The van der Waals surface area contributed by atoms with Crippen LogP contribution < -0.4 is 5.32 Å². The third-order valence-corrected chi connectivity index (χ3v) is 9.95. The Morgan fingerprint density at radius 3 is 2.04 bits per heavy atom. The molecule has 3 atom stereocenters. The van der Waals surface area contributed by atoms with Crippen molar-refractivity contribution in [2.24, 2.45) is 5.92 Å². The molecule has 0 rings (SSSR count). The first-order chi connectivity index (χ1) is 12.0. The molecule has 0 aliphatic rings. The van der Waals surface area contributed by atoms with E-state index in [-0.39, 0.29) is 23.2 Å². The molecular weight excluding hydrogens is 356 g/mol. The van der Waals surface area contributed by atoms with Crippen LogP contribution >= 0.6 is 0 Å². The third kappa shape index (κ3) is 9.95. The van der Waals surface area contributed by atoms with Crippen LogP contribution in [-0.2, 0) is 9.16 Å². The Bertz CT molecular complexity index is 455. The van der Waals surface area contributed by atoms with Crippen LogP contribution in [0, 0.1) is 5.92 Å². The number of carbonyl (C=O) groups is 1. The summed E-state index contributed by atoms with van der Waals surface area (Å²) in [7, 11) is -0.154. The van der Waals surface area contributed by atoms with Crippen molar-refractivity contribution in [2.45, 2.75) is 105 Å². The van der Waals surface area contributed by atoms with Crippen molar-refractivity contribution in [2.75, 3.05) is 20.1 Å². The van der Waals surface area contributed by atoms with Crippen molar-refractivity contribution in [3.8, 4) is 0 Å². The molecule has 0 aromatic carbocycles. The molecule has 0 aromatic rings. The highest BCUT2D eigenvalue weighted by Crippen LogP contribution is 2.38. The standard InChI is InChI=1S/C21H46N2O3Si/c1-13-17(3)22-14-16(2)18(26-27(11,12)21(7,8)9)15-23(10)19(24)25-20(4,5)6/h16-18,22H,13-15H2,1-12H3/t16-,17+,18-/m0/s1. The second-order valence-corrected chi connectivity index (χ2v) is 15.2. The minimum atomic E-state index is -1.95.